The Bertz CT molecular complexity index is 1870. The van der Waals surface area contributed by atoms with Gasteiger partial charge in [0.2, 0.25) is 0 Å². The Morgan fingerprint density at radius 1 is 0.980 bits per heavy atom. The Labute approximate surface area is 310 Å². The molecule has 2 atom stereocenters. The molecule has 0 fully saturated rings. The number of furan rings is 1. The molecule has 0 bridgehead atoms. The normalized spacial score (nSPS) is 17.1. The molecule has 1 aliphatic heterocycles. The van der Waals surface area contributed by atoms with Crippen molar-refractivity contribution in [1.82, 2.24) is 9.97 Å². The zero-order chi connectivity index (χ0) is 35.0. The van der Waals surface area contributed by atoms with Crippen LogP contribution in [0.1, 0.15) is 127 Å². The minimum atomic E-state index is -0.337. The average molecular weight is 856 g/mol. The summed E-state index contributed by atoms with van der Waals surface area (Å²) in [6, 6.07) is 16.6. The minimum absolute atomic E-state index is 0. The van der Waals surface area contributed by atoms with Crippen molar-refractivity contribution in [2.24, 2.45) is 10.8 Å². The predicted octanol–water partition coefficient (Wildman–Crippen LogP) is 11.9. The number of fused-ring (bicyclic) bond motifs is 6. The molecule has 0 saturated heterocycles. The van der Waals surface area contributed by atoms with Gasteiger partial charge in [0, 0.05) is 54.2 Å². The fraction of sp³-hybridized carbons (Fsp3) is 0.452. The zero-order valence-corrected chi connectivity index (χ0v) is 33.9. The van der Waals surface area contributed by atoms with Crippen LogP contribution in [0.3, 0.4) is 0 Å². The molecule has 0 saturated carbocycles. The molecule has 1 aliphatic carbocycles. The summed E-state index contributed by atoms with van der Waals surface area (Å²) in [6.45, 7) is 20.9. The summed E-state index contributed by atoms with van der Waals surface area (Å²) in [5, 5.41) is 13.8. The van der Waals surface area contributed by atoms with E-state index in [9.17, 15) is 9.90 Å². The molecule has 1 N–H and O–H groups in total. The van der Waals surface area contributed by atoms with Crippen LogP contribution in [-0.4, -0.2) is 20.9 Å². The fourth-order valence-electron chi connectivity index (χ4n) is 6.52. The molecule has 3 heterocycles. The number of aliphatic hydroxyl groups is 1. The molecular formula is C42H51IrN2O3S-. The summed E-state index contributed by atoms with van der Waals surface area (Å²) in [6.07, 6.45) is 10.9. The molecule has 2 aromatic carbocycles. The number of rotatable bonds is 8. The number of aryl methyl sites for hydroxylation is 1. The number of hydrogen-bond donors (Lipinski definition) is 1. The number of allylic oxidation sites excluding steroid dienone is 3. The van der Waals surface area contributed by atoms with Crippen LogP contribution in [0.4, 0.5) is 0 Å². The number of ketones is 1. The van der Waals surface area contributed by atoms with Crippen molar-refractivity contribution in [2.45, 2.75) is 117 Å². The Morgan fingerprint density at radius 2 is 1.63 bits per heavy atom. The summed E-state index contributed by atoms with van der Waals surface area (Å²) >= 11 is 1.79. The minimum Gasteiger partial charge on any atom is -0.512 e. The number of carbonyl (C=O) groups excluding carboxylic acids is 1. The van der Waals surface area contributed by atoms with Gasteiger partial charge < -0.3 is 9.52 Å². The van der Waals surface area contributed by atoms with Gasteiger partial charge in [-0.25, -0.2) is 4.98 Å². The van der Waals surface area contributed by atoms with E-state index in [1.54, 1.807) is 18.1 Å². The fourth-order valence-corrected chi connectivity index (χ4v) is 7.89. The van der Waals surface area contributed by atoms with E-state index in [2.05, 4.69) is 80.4 Å². The van der Waals surface area contributed by atoms with Crippen LogP contribution < -0.4 is 0 Å². The Hall–Kier alpha value is -2.99. The van der Waals surface area contributed by atoms with Crippen LogP contribution >= 0.6 is 11.8 Å². The van der Waals surface area contributed by atoms with Crippen molar-refractivity contribution in [1.29, 1.82) is 0 Å². The summed E-state index contributed by atoms with van der Waals surface area (Å²) in [5.74, 6) is 2.49. The van der Waals surface area contributed by atoms with Gasteiger partial charge in [0.1, 0.15) is 23.6 Å². The van der Waals surface area contributed by atoms with E-state index in [1.165, 1.54) is 28.2 Å². The molecule has 49 heavy (non-hydrogen) atoms. The number of thioether (sulfide) groups is 1. The van der Waals surface area contributed by atoms with Crippen molar-refractivity contribution in [3.63, 3.8) is 0 Å². The van der Waals surface area contributed by atoms with Gasteiger partial charge in [-0.15, -0.1) is 29.1 Å². The van der Waals surface area contributed by atoms with Crippen LogP contribution in [0, 0.1) is 23.8 Å². The molecule has 6 rings (SSSR count). The van der Waals surface area contributed by atoms with Crippen LogP contribution in [0.2, 0.25) is 0 Å². The maximum absolute atomic E-state index is 12.2. The summed E-state index contributed by atoms with van der Waals surface area (Å²) < 4.78 is 6.09. The maximum Gasteiger partial charge on any atom is 0.164 e. The Balaban J connectivity index is 0.000000260. The summed E-state index contributed by atoms with van der Waals surface area (Å²) in [5.41, 5.74) is 5.13. The van der Waals surface area contributed by atoms with Gasteiger partial charge in [0.15, 0.2) is 5.78 Å². The molecule has 0 amide bonds. The van der Waals surface area contributed by atoms with Crippen molar-refractivity contribution in [2.75, 3.05) is 0 Å². The zero-order valence-electron chi connectivity index (χ0n) is 30.7. The molecule has 2 aliphatic rings. The van der Waals surface area contributed by atoms with Gasteiger partial charge in [-0.05, 0) is 49.7 Å². The molecular weight excluding hydrogens is 805 g/mol. The van der Waals surface area contributed by atoms with E-state index in [4.69, 9.17) is 9.40 Å². The van der Waals surface area contributed by atoms with Gasteiger partial charge in [-0.2, -0.15) is 0 Å². The quantitative estimate of drug-likeness (QED) is 0.0823. The number of carbonyl (C=O) groups is 1. The van der Waals surface area contributed by atoms with Crippen molar-refractivity contribution >= 4 is 34.4 Å². The van der Waals surface area contributed by atoms with E-state index < -0.39 is 0 Å². The first-order chi connectivity index (χ1) is 22.7. The maximum atomic E-state index is 12.2. The molecule has 1 radical (unpaired) electrons. The first kappa shape index (κ1) is 38.8. The largest absolute Gasteiger partial charge is 0.512 e. The number of nitrogens with zero attached hydrogens (tertiary/aromatic N) is 2. The van der Waals surface area contributed by atoms with Crippen molar-refractivity contribution in [3.05, 3.63) is 94.9 Å². The molecule has 2 unspecified atom stereocenters. The van der Waals surface area contributed by atoms with Crippen LogP contribution in [0.15, 0.2) is 70.1 Å². The number of hydrogen-bond acceptors (Lipinski definition) is 6. The first-order valence-corrected chi connectivity index (χ1v) is 18.3. The van der Waals surface area contributed by atoms with Crippen LogP contribution in [0.5, 0.6) is 0 Å². The van der Waals surface area contributed by atoms with Gasteiger partial charge in [0.05, 0.1) is 10.3 Å². The second-order valence-electron chi connectivity index (χ2n) is 14.9. The molecule has 0 spiro atoms. The number of aliphatic hydroxyl groups excluding tert-OH is 1. The first-order valence-electron chi connectivity index (χ1n) is 17.4. The van der Waals surface area contributed by atoms with Crippen LogP contribution in [-0.2, 0) is 30.3 Å². The van der Waals surface area contributed by atoms with Gasteiger partial charge in [0.25, 0.3) is 0 Å². The molecule has 4 aromatic rings. The Morgan fingerprint density at radius 3 is 2.27 bits per heavy atom. The third-order valence-corrected chi connectivity index (χ3v) is 12.2. The summed E-state index contributed by atoms with van der Waals surface area (Å²) in [4.78, 5) is 21.6. The third-order valence-electron chi connectivity index (χ3n) is 10.8. The van der Waals surface area contributed by atoms with Crippen molar-refractivity contribution < 1.29 is 34.4 Å². The van der Waals surface area contributed by atoms with E-state index >= 15 is 0 Å². The van der Waals surface area contributed by atoms with Gasteiger partial charge in [-0.1, -0.05) is 115 Å². The Kier molecular flexibility index (Phi) is 11.9. The monoisotopic (exact) mass is 856 g/mol. The topological polar surface area (TPSA) is 76.2 Å². The number of benzene rings is 2. The standard InChI is InChI=1S/C27H23N2OS.C15H28O2.Ir/c1-15-11-17-9-10-20-22-23(28-14-29-26(22)31-25(20)24(17)30-15)18-12-16-7-5-6-8-19(16)21(13-18)27(2,3)4;1-7-14(5,8-2)12(16)11-13(17)15(6,9-3)10-4;/h5-11,13-14,20,25H,1-4H3;11,16H,7-10H2,1-6H3;/q-1;;/b;12-11-;. The van der Waals surface area contributed by atoms with E-state index in [-0.39, 0.29) is 59.1 Å². The SMILES string of the molecule is CCC(C)(CC)C(=O)/C=C(\O)C(C)(CC)CC.Cc1cc2c(o1)C1Sc3ncnc(-c4[c-]c5ccccc5c(C(C)(C)C)c4)c3C1C=C2.[Ir]. The van der Waals surface area contributed by atoms with E-state index in [0.29, 0.717) is 0 Å². The second kappa shape index (κ2) is 15.1. The summed E-state index contributed by atoms with van der Waals surface area (Å²) in [7, 11) is 0. The van der Waals surface area contributed by atoms with E-state index in [1.807, 2.05) is 48.5 Å². The van der Waals surface area contributed by atoms with Gasteiger partial charge in [-0.3, -0.25) is 9.78 Å². The van der Waals surface area contributed by atoms with Crippen molar-refractivity contribution in [3.8, 4) is 11.3 Å². The molecule has 7 heteroatoms. The number of aromatic nitrogens is 2. The smallest absolute Gasteiger partial charge is 0.164 e. The molecule has 263 valence electrons. The van der Waals surface area contributed by atoms with E-state index in [0.717, 1.165) is 58.9 Å². The third kappa shape index (κ3) is 7.55. The second-order valence-corrected chi connectivity index (χ2v) is 16.0. The average Bonchev–Trinajstić information content (AvgIpc) is 3.66. The van der Waals surface area contributed by atoms with Crippen LogP contribution in [0.25, 0.3) is 28.1 Å². The molecule has 5 nitrogen and oxygen atoms in total. The predicted molar refractivity (Wildman–Crippen MR) is 199 cm³/mol. The van der Waals surface area contributed by atoms with Gasteiger partial charge >= 0.3 is 0 Å². The molecule has 2 aromatic heterocycles.